The predicted molar refractivity (Wildman–Crippen MR) is 76.4 cm³/mol. The van der Waals surface area contributed by atoms with Crippen LogP contribution in [0.1, 0.15) is 25.1 Å². The van der Waals surface area contributed by atoms with E-state index in [4.69, 9.17) is 0 Å². The minimum atomic E-state index is -0.964. The number of carbonyl (C=O) groups excluding carboxylic acids is 2. The van der Waals surface area contributed by atoms with Crippen LogP contribution in [0.3, 0.4) is 0 Å². The van der Waals surface area contributed by atoms with Crippen LogP contribution in [0.25, 0.3) is 0 Å². The summed E-state index contributed by atoms with van der Waals surface area (Å²) < 4.78 is 1.95. The number of rotatable bonds is 5. The zero-order valence-electron chi connectivity index (χ0n) is 12.3. The molecule has 0 aliphatic carbocycles. The van der Waals surface area contributed by atoms with E-state index in [0.29, 0.717) is 26.1 Å². The number of likely N-dealkylation sites (tertiary alicyclic amines) is 1. The van der Waals surface area contributed by atoms with Crippen molar-refractivity contribution in [3.8, 4) is 0 Å². The molecule has 1 aliphatic rings. The van der Waals surface area contributed by atoms with Crippen LogP contribution in [0.15, 0.2) is 12.4 Å². The molecule has 2 heterocycles. The van der Waals surface area contributed by atoms with E-state index < -0.39 is 6.10 Å². The molecule has 7 nitrogen and oxygen atoms in total. The van der Waals surface area contributed by atoms with Gasteiger partial charge in [0.05, 0.1) is 6.54 Å². The molecule has 1 atom stereocenters. The van der Waals surface area contributed by atoms with Crippen molar-refractivity contribution < 1.29 is 14.7 Å². The van der Waals surface area contributed by atoms with Crippen LogP contribution < -0.4 is 5.32 Å². The Bertz CT molecular complexity index is 500. The number of imidazole rings is 1. The van der Waals surface area contributed by atoms with E-state index in [0.717, 1.165) is 18.7 Å². The van der Waals surface area contributed by atoms with E-state index in [9.17, 15) is 14.7 Å². The summed E-state index contributed by atoms with van der Waals surface area (Å²) in [6.07, 6.45) is 4.73. The highest BCUT2D eigenvalue weighted by atomic mass is 16.3. The summed E-state index contributed by atoms with van der Waals surface area (Å²) in [7, 11) is 0. The third-order valence-corrected chi connectivity index (χ3v) is 3.69. The molecule has 1 unspecified atom stereocenters. The second-order valence-electron chi connectivity index (χ2n) is 5.29. The minimum absolute atomic E-state index is 0.0127. The van der Waals surface area contributed by atoms with Crippen LogP contribution in [0.2, 0.25) is 0 Å². The van der Waals surface area contributed by atoms with E-state index in [1.807, 2.05) is 17.7 Å². The van der Waals surface area contributed by atoms with E-state index in [1.54, 1.807) is 6.20 Å². The van der Waals surface area contributed by atoms with Crippen molar-refractivity contribution in [2.45, 2.75) is 38.8 Å². The van der Waals surface area contributed by atoms with Crippen LogP contribution >= 0.6 is 0 Å². The zero-order valence-corrected chi connectivity index (χ0v) is 12.3. The molecule has 7 heteroatoms. The Balaban J connectivity index is 1.76. The molecular formula is C14H22N4O3. The average Bonchev–Trinajstić information content (AvgIpc) is 2.79. The first kappa shape index (κ1) is 15.5. The highest BCUT2D eigenvalue weighted by molar-refractivity contribution is 5.87. The van der Waals surface area contributed by atoms with E-state index in [1.165, 1.54) is 4.90 Å². The fourth-order valence-corrected chi connectivity index (χ4v) is 2.43. The van der Waals surface area contributed by atoms with Crippen molar-refractivity contribution in [2.24, 2.45) is 0 Å². The van der Waals surface area contributed by atoms with Gasteiger partial charge < -0.3 is 19.9 Å². The van der Waals surface area contributed by atoms with Gasteiger partial charge in [-0.15, -0.1) is 0 Å². The van der Waals surface area contributed by atoms with Gasteiger partial charge in [-0.1, -0.05) is 0 Å². The Morgan fingerprint density at radius 2 is 2.33 bits per heavy atom. The van der Waals surface area contributed by atoms with Crippen LogP contribution in [0.4, 0.5) is 0 Å². The lowest BCUT2D eigenvalue weighted by molar-refractivity contribution is -0.142. The molecule has 2 amide bonds. The van der Waals surface area contributed by atoms with Crippen molar-refractivity contribution in [1.82, 2.24) is 19.8 Å². The first-order valence-electron chi connectivity index (χ1n) is 7.29. The van der Waals surface area contributed by atoms with Gasteiger partial charge in [0.25, 0.3) is 5.91 Å². The standard InChI is InChI=1S/C14H22N4O3/c1-11-15-5-8-17(11)9-6-16-13(20)10-18-7-3-2-4-12(19)14(18)21/h5,8,12,19H,2-4,6-7,9-10H2,1H3,(H,16,20). The number of aromatic nitrogens is 2. The van der Waals surface area contributed by atoms with Gasteiger partial charge in [0.2, 0.25) is 5.91 Å². The molecule has 1 aliphatic heterocycles. The Hall–Kier alpha value is -1.89. The lowest BCUT2D eigenvalue weighted by atomic mass is 10.2. The van der Waals surface area contributed by atoms with Crippen LogP contribution in [0, 0.1) is 6.92 Å². The molecule has 21 heavy (non-hydrogen) atoms. The van der Waals surface area contributed by atoms with Crippen molar-refractivity contribution in [3.63, 3.8) is 0 Å². The number of carbonyl (C=O) groups is 2. The Kier molecular flexibility index (Phi) is 5.32. The summed E-state index contributed by atoms with van der Waals surface area (Å²) >= 11 is 0. The number of aryl methyl sites for hydroxylation is 1. The topological polar surface area (TPSA) is 87.5 Å². The second kappa shape index (κ2) is 7.21. The molecule has 1 aromatic heterocycles. The smallest absolute Gasteiger partial charge is 0.251 e. The normalized spacial score (nSPS) is 19.4. The van der Waals surface area contributed by atoms with E-state index in [-0.39, 0.29) is 18.4 Å². The Labute approximate surface area is 124 Å². The maximum atomic E-state index is 11.9. The minimum Gasteiger partial charge on any atom is -0.383 e. The van der Waals surface area contributed by atoms with Crippen LogP contribution in [-0.4, -0.2) is 57.1 Å². The first-order valence-corrected chi connectivity index (χ1v) is 7.29. The van der Waals surface area contributed by atoms with Gasteiger partial charge in [0.1, 0.15) is 11.9 Å². The number of aliphatic hydroxyl groups excluding tert-OH is 1. The lowest BCUT2D eigenvalue weighted by Gasteiger charge is -2.21. The third-order valence-electron chi connectivity index (χ3n) is 3.69. The van der Waals surface area contributed by atoms with Crippen molar-refractivity contribution in [1.29, 1.82) is 0 Å². The summed E-state index contributed by atoms with van der Waals surface area (Å²) in [5.74, 6) is 0.360. The number of nitrogens with one attached hydrogen (secondary N) is 1. The fraction of sp³-hybridized carbons (Fsp3) is 0.643. The van der Waals surface area contributed by atoms with Gasteiger partial charge in [0, 0.05) is 32.0 Å². The van der Waals surface area contributed by atoms with Gasteiger partial charge in [-0.05, 0) is 26.2 Å². The maximum absolute atomic E-state index is 11.9. The number of aliphatic hydroxyl groups is 1. The van der Waals surface area contributed by atoms with Gasteiger partial charge in [-0.25, -0.2) is 4.98 Å². The molecule has 2 N–H and O–H groups in total. The summed E-state index contributed by atoms with van der Waals surface area (Å²) in [4.78, 5) is 29.3. The monoisotopic (exact) mass is 294 g/mol. The van der Waals surface area contributed by atoms with Gasteiger partial charge in [-0.3, -0.25) is 9.59 Å². The SMILES string of the molecule is Cc1nccn1CCNC(=O)CN1CCCCC(O)C1=O. The third kappa shape index (κ3) is 4.29. The quantitative estimate of drug-likeness (QED) is 0.779. The second-order valence-corrected chi connectivity index (χ2v) is 5.29. The largest absolute Gasteiger partial charge is 0.383 e. The number of amides is 2. The highest BCUT2D eigenvalue weighted by Crippen LogP contribution is 2.11. The van der Waals surface area contributed by atoms with Gasteiger partial charge in [-0.2, -0.15) is 0 Å². The Morgan fingerprint density at radius 1 is 1.52 bits per heavy atom. The maximum Gasteiger partial charge on any atom is 0.251 e. The predicted octanol–water partition coefficient (Wildman–Crippen LogP) is -0.319. The zero-order chi connectivity index (χ0) is 15.2. The molecule has 0 aromatic carbocycles. The average molecular weight is 294 g/mol. The first-order chi connectivity index (χ1) is 10.1. The molecule has 116 valence electrons. The van der Waals surface area contributed by atoms with Crippen molar-refractivity contribution in [2.75, 3.05) is 19.6 Å². The number of nitrogens with zero attached hydrogens (tertiary/aromatic N) is 3. The molecule has 1 fully saturated rings. The molecule has 0 bridgehead atoms. The highest BCUT2D eigenvalue weighted by Gasteiger charge is 2.26. The number of hydrogen-bond donors (Lipinski definition) is 2. The van der Waals surface area contributed by atoms with Gasteiger partial charge in [0.15, 0.2) is 0 Å². The van der Waals surface area contributed by atoms with E-state index in [2.05, 4.69) is 10.3 Å². The molecule has 0 spiro atoms. The molecular weight excluding hydrogens is 272 g/mol. The van der Waals surface area contributed by atoms with Crippen LogP contribution in [0.5, 0.6) is 0 Å². The van der Waals surface area contributed by atoms with Gasteiger partial charge >= 0.3 is 0 Å². The van der Waals surface area contributed by atoms with E-state index >= 15 is 0 Å². The fourth-order valence-electron chi connectivity index (χ4n) is 2.43. The molecule has 1 aromatic rings. The molecule has 0 saturated carbocycles. The van der Waals surface area contributed by atoms with Crippen molar-refractivity contribution in [3.05, 3.63) is 18.2 Å². The lowest BCUT2D eigenvalue weighted by Crippen LogP contribution is -2.44. The molecule has 2 rings (SSSR count). The molecule has 1 saturated heterocycles. The number of hydrogen-bond acceptors (Lipinski definition) is 4. The Morgan fingerprint density at radius 3 is 3.05 bits per heavy atom. The van der Waals surface area contributed by atoms with Crippen molar-refractivity contribution >= 4 is 11.8 Å². The summed E-state index contributed by atoms with van der Waals surface area (Å²) in [6, 6.07) is 0. The summed E-state index contributed by atoms with van der Waals surface area (Å²) in [5.41, 5.74) is 0. The molecule has 0 radical (unpaired) electrons. The van der Waals surface area contributed by atoms with Crippen LogP contribution in [-0.2, 0) is 16.1 Å². The summed E-state index contributed by atoms with van der Waals surface area (Å²) in [5, 5.41) is 12.4. The summed E-state index contributed by atoms with van der Waals surface area (Å²) in [6.45, 7) is 3.58.